The van der Waals surface area contributed by atoms with Crippen molar-refractivity contribution in [1.82, 2.24) is 0 Å². The first-order valence-electron chi connectivity index (χ1n) is 7.51. The van der Waals surface area contributed by atoms with Gasteiger partial charge in [0.15, 0.2) is 0 Å². The van der Waals surface area contributed by atoms with Crippen molar-refractivity contribution < 1.29 is 0 Å². The van der Waals surface area contributed by atoms with E-state index in [-0.39, 0.29) is 0 Å². The molecule has 1 aromatic rings. The van der Waals surface area contributed by atoms with Crippen molar-refractivity contribution in [3.63, 3.8) is 0 Å². The van der Waals surface area contributed by atoms with Gasteiger partial charge in [0.05, 0.1) is 0 Å². The normalized spacial score (nSPS) is 12.2. The lowest BCUT2D eigenvalue weighted by molar-refractivity contribution is 0.631. The number of rotatable bonds is 6. The summed E-state index contributed by atoms with van der Waals surface area (Å²) in [7, 11) is 0. The van der Waals surface area contributed by atoms with Crippen LogP contribution in [0.2, 0.25) is 0 Å². The zero-order valence-electron chi connectivity index (χ0n) is 11.9. The van der Waals surface area contributed by atoms with Crippen LogP contribution in [0.1, 0.15) is 69.6 Å². The lowest BCUT2D eigenvalue weighted by Gasteiger charge is -2.19. The predicted molar refractivity (Wildman–Crippen MR) is 77.7 cm³/mol. The smallest absolute Gasteiger partial charge is 0.0235 e. The van der Waals surface area contributed by atoms with E-state index >= 15 is 0 Å². The second-order valence-corrected chi connectivity index (χ2v) is 4.77. The Morgan fingerprint density at radius 3 is 2.18 bits per heavy atom. The maximum atomic E-state index is 2.43. The fourth-order valence-corrected chi connectivity index (χ4v) is 2.34. The standard InChI is InChI=1S/C15H22.C2H6/c1-2-3-4-5-6-7-13-8-9-14-10-11-15(14)12-13;1-2/h8-9,12H,2-7,10-11H2,1H3;1-2H3. The Hall–Kier alpha value is -0.780. The second-order valence-electron chi connectivity index (χ2n) is 4.77. The predicted octanol–water partition coefficient (Wildman–Crippen LogP) is 5.32. The fourth-order valence-electron chi connectivity index (χ4n) is 2.34. The van der Waals surface area contributed by atoms with E-state index in [1.165, 1.54) is 51.4 Å². The summed E-state index contributed by atoms with van der Waals surface area (Å²) in [5.41, 5.74) is 4.76. The average Bonchev–Trinajstić information content (AvgIpc) is 2.34. The molecule has 0 aliphatic heterocycles. The SMILES string of the molecule is CC.CCCCCCCc1ccc2c(c1)CC2. The van der Waals surface area contributed by atoms with E-state index in [0.717, 1.165) is 0 Å². The number of hydrogen-bond donors (Lipinski definition) is 0. The Balaban J connectivity index is 0.000000686. The van der Waals surface area contributed by atoms with Gasteiger partial charge in [0, 0.05) is 0 Å². The second kappa shape index (κ2) is 8.33. The Morgan fingerprint density at radius 2 is 1.59 bits per heavy atom. The molecule has 0 amide bonds. The zero-order chi connectivity index (χ0) is 12.5. The van der Waals surface area contributed by atoms with Crippen LogP contribution in [0.3, 0.4) is 0 Å². The summed E-state index contributed by atoms with van der Waals surface area (Å²) in [5, 5.41) is 0. The van der Waals surface area contributed by atoms with E-state index in [1.54, 1.807) is 16.7 Å². The third-order valence-electron chi connectivity index (χ3n) is 3.50. The summed E-state index contributed by atoms with van der Waals surface area (Å²) in [6.45, 7) is 6.27. The molecule has 0 N–H and O–H groups in total. The largest absolute Gasteiger partial charge is 0.0683 e. The topological polar surface area (TPSA) is 0 Å². The van der Waals surface area contributed by atoms with Crippen molar-refractivity contribution in [2.75, 3.05) is 0 Å². The Labute approximate surface area is 107 Å². The van der Waals surface area contributed by atoms with E-state index < -0.39 is 0 Å². The molecule has 96 valence electrons. The first-order chi connectivity index (χ1) is 8.40. The molecule has 0 saturated carbocycles. The van der Waals surface area contributed by atoms with Gasteiger partial charge in [-0.2, -0.15) is 0 Å². The molecule has 1 aromatic carbocycles. The van der Waals surface area contributed by atoms with Crippen LogP contribution >= 0.6 is 0 Å². The highest BCUT2D eigenvalue weighted by Gasteiger charge is 2.12. The molecular weight excluding hydrogens is 204 g/mol. The lowest BCUT2D eigenvalue weighted by atomic mass is 9.86. The number of benzene rings is 1. The van der Waals surface area contributed by atoms with E-state index in [4.69, 9.17) is 0 Å². The minimum Gasteiger partial charge on any atom is -0.0683 e. The van der Waals surface area contributed by atoms with Gasteiger partial charge in [0.2, 0.25) is 0 Å². The molecule has 0 bridgehead atoms. The van der Waals surface area contributed by atoms with Crippen LogP contribution < -0.4 is 0 Å². The third-order valence-corrected chi connectivity index (χ3v) is 3.50. The van der Waals surface area contributed by atoms with Crippen LogP contribution in [0, 0.1) is 0 Å². The number of hydrogen-bond acceptors (Lipinski definition) is 0. The Morgan fingerprint density at radius 1 is 0.882 bits per heavy atom. The van der Waals surface area contributed by atoms with Gasteiger partial charge in [-0.25, -0.2) is 0 Å². The zero-order valence-corrected chi connectivity index (χ0v) is 11.9. The number of fused-ring (bicyclic) bond motifs is 1. The number of unbranched alkanes of at least 4 members (excludes halogenated alkanes) is 4. The Kier molecular flexibility index (Phi) is 7.00. The summed E-state index contributed by atoms with van der Waals surface area (Å²) >= 11 is 0. The molecule has 0 radical (unpaired) electrons. The van der Waals surface area contributed by atoms with Crippen LogP contribution in [-0.2, 0) is 19.3 Å². The van der Waals surface area contributed by atoms with E-state index in [9.17, 15) is 0 Å². The minimum atomic E-state index is 1.29. The molecule has 17 heavy (non-hydrogen) atoms. The van der Waals surface area contributed by atoms with Crippen molar-refractivity contribution >= 4 is 0 Å². The van der Waals surface area contributed by atoms with Gasteiger partial charge in [-0.05, 0) is 42.4 Å². The van der Waals surface area contributed by atoms with Crippen LogP contribution in [-0.4, -0.2) is 0 Å². The molecule has 2 rings (SSSR count). The highest BCUT2D eigenvalue weighted by atomic mass is 14.2. The molecule has 1 aliphatic rings. The van der Waals surface area contributed by atoms with Crippen molar-refractivity contribution in [3.8, 4) is 0 Å². The molecule has 0 unspecified atom stereocenters. The van der Waals surface area contributed by atoms with Gasteiger partial charge < -0.3 is 0 Å². The molecule has 1 aliphatic carbocycles. The summed E-state index contributed by atoms with van der Waals surface area (Å²) in [6, 6.07) is 7.09. The molecular formula is C17H28. The van der Waals surface area contributed by atoms with E-state index in [0.29, 0.717) is 0 Å². The average molecular weight is 232 g/mol. The van der Waals surface area contributed by atoms with Crippen molar-refractivity contribution in [2.45, 2.75) is 72.1 Å². The summed E-state index contributed by atoms with van der Waals surface area (Å²) < 4.78 is 0. The number of aryl methyl sites for hydroxylation is 3. The molecule has 0 heteroatoms. The molecule has 0 nitrogen and oxygen atoms in total. The molecule has 0 heterocycles. The molecule has 0 saturated heterocycles. The van der Waals surface area contributed by atoms with Gasteiger partial charge in [0.25, 0.3) is 0 Å². The summed E-state index contributed by atoms with van der Waals surface area (Å²) in [6.07, 6.45) is 10.9. The minimum absolute atomic E-state index is 1.29. The van der Waals surface area contributed by atoms with E-state index in [1.807, 2.05) is 13.8 Å². The molecule has 0 fully saturated rings. The van der Waals surface area contributed by atoms with Crippen LogP contribution in [0.5, 0.6) is 0 Å². The van der Waals surface area contributed by atoms with Gasteiger partial charge in [-0.3, -0.25) is 0 Å². The first-order valence-corrected chi connectivity index (χ1v) is 7.51. The summed E-state index contributed by atoms with van der Waals surface area (Å²) in [5.74, 6) is 0. The van der Waals surface area contributed by atoms with Gasteiger partial charge in [0.1, 0.15) is 0 Å². The van der Waals surface area contributed by atoms with Crippen molar-refractivity contribution in [3.05, 3.63) is 34.9 Å². The molecule has 0 atom stereocenters. The van der Waals surface area contributed by atoms with E-state index in [2.05, 4.69) is 25.1 Å². The highest BCUT2D eigenvalue weighted by Crippen LogP contribution is 2.24. The first kappa shape index (κ1) is 14.3. The van der Waals surface area contributed by atoms with Gasteiger partial charge >= 0.3 is 0 Å². The van der Waals surface area contributed by atoms with Crippen molar-refractivity contribution in [2.24, 2.45) is 0 Å². The molecule has 0 aromatic heterocycles. The van der Waals surface area contributed by atoms with Gasteiger partial charge in [-0.15, -0.1) is 0 Å². The fraction of sp³-hybridized carbons (Fsp3) is 0.647. The summed E-state index contributed by atoms with van der Waals surface area (Å²) in [4.78, 5) is 0. The maximum Gasteiger partial charge on any atom is -0.0235 e. The quantitative estimate of drug-likeness (QED) is 0.582. The Bertz CT molecular complexity index is 312. The van der Waals surface area contributed by atoms with Crippen LogP contribution in [0.15, 0.2) is 18.2 Å². The van der Waals surface area contributed by atoms with Gasteiger partial charge in [-0.1, -0.05) is 64.7 Å². The van der Waals surface area contributed by atoms with Crippen LogP contribution in [0.4, 0.5) is 0 Å². The molecule has 0 spiro atoms. The maximum absolute atomic E-state index is 2.43. The highest BCUT2D eigenvalue weighted by molar-refractivity contribution is 5.38. The van der Waals surface area contributed by atoms with Crippen molar-refractivity contribution in [1.29, 1.82) is 0 Å². The lowest BCUT2D eigenvalue weighted by Crippen LogP contribution is -2.08. The monoisotopic (exact) mass is 232 g/mol. The van der Waals surface area contributed by atoms with Crippen LogP contribution in [0.25, 0.3) is 0 Å². The third kappa shape index (κ3) is 4.53.